The summed E-state index contributed by atoms with van der Waals surface area (Å²) in [6.07, 6.45) is 2.35. The number of likely N-dealkylation sites (tertiary alicyclic amines) is 1. The molecule has 2 N–H and O–H groups in total. The second kappa shape index (κ2) is 8.92. The van der Waals surface area contributed by atoms with Gasteiger partial charge in [0.2, 0.25) is 0 Å². The van der Waals surface area contributed by atoms with E-state index in [1.54, 1.807) is 23.2 Å². The molecule has 3 unspecified atom stereocenters. The maximum absolute atomic E-state index is 14.9. The van der Waals surface area contributed by atoms with Crippen molar-refractivity contribution in [3.05, 3.63) is 34.6 Å². The van der Waals surface area contributed by atoms with E-state index >= 15 is 0 Å². The average Bonchev–Trinajstić information content (AvgIpc) is 3.10. The molecular weight excluding hydrogens is 461 g/mol. The normalized spacial score (nSPS) is 27.9. The van der Waals surface area contributed by atoms with Crippen molar-refractivity contribution >= 4 is 35.5 Å². The van der Waals surface area contributed by atoms with Crippen LogP contribution in [0.15, 0.2) is 28.2 Å². The van der Waals surface area contributed by atoms with Crippen molar-refractivity contribution in [1.29, 1.82) is 0 Å². The number of fused-ring (bicyclic) bond motifs is 1. The van der Waals surface area contributed by atoms with Gasteiger partial charge in [0.1, 0.15) is 11.4 Å². The Labute approximate surface area is 204 Å². The van der Waals surface area contributed by atoms with Gasteiger partial charge in [-0.05, 0) is 58.7 Å². The van der Waals surface area contributed by atoms with Crippen LogP contribution in [-0.4, -0.2) is 76.7 Å². The fourth-order valence-corrected chi connectivity index (χ4v) is 5.36. The lowest BCUT2D eigenvalue weighted by molar-refractivity contribution is -0.136. The fraction of sp³-hybridized carbons (Fsp3) is 0.583. The lowest BCUT2D eigenvalue weighted by Gasteiger charge is -2.47. The lowest BCUT2D eigenvalue weighted by atomic mass is 9.81. The standard InChI is InChI=1S/C24H31ClFN5O3/c1-14-12-28-13-19-20(17-6-5-16(25)11-18(17)26)29-24(21(27)32,31(14)19)15-7-9-30(10-8-15)22(33)34-23(2,3)4/h5-6,11,13-15,19H,7-10,12H2,1-4H3,(H2,27,32). The number of amides is 2. The molecule has 10 heteroatoms. The molecular formula is C24H31ClFN5O3. The van der Waals surface area contributed by atoms with Crippen molar-refractivity contribution in [3.63, 3.8) is 0 Å². The molecule has 0 bridgehead atoms. The Kier molecular flexibility index (Phi) is 6.46. The van der Waals surface area contributed by atoms with E-state index in [1.807, 2.05) is 32.6 Å². The van der Waals surface area contributed by atoms with Crippen LogP contribution in [0.2, 0.25) is 5.02 Å². The number of piperidine rings is 1. The van der Waals surface area contributed by atoms with E-state index in [1.165, 1.54) is 6.07 Å². The highest BCUT2D eigenvalue weighted by molar-refractivity contribution is 6.30. The molecule has 34 heavy (non-hydrogen) atoms. The molecule has 3 aliphatic rings. The van der Waals surface area contributed by atoms with Crippen molar-refractivity contribution in [2.45, 2.75) is 63.9 Å². The zero-order valence-electron chi connectivity index (χ0n) is 19.9. The Morgan fingerprint density at radius 2 is 1.94 bits per heavy atom. The molecule has 2 amide bonds. The molecule has 0 spiro atoms. The lowest BCUT2D eigenvalue weighted by Crippen LogP contribution is -2.66. The molecule has 3 atom stereocenters. The van der Waals surface area contributed by atoms with Gasteiger partial charge in [0.15, 0.2) is 5.66 Å². The number of carbonyl (C=O) groups excluding carboxylic acids is 2. The van der Waals surface area contributed by atoms with Crippen molar-refractivity contribution in [1.82, 2.24) is 9.80 Å². The van der Waals surface area contributed by atoms with E-state index < -0.39 is 29.0 Å². The number of rotatable bonds is 3. The molecule has 1 aromatic rings. The van der Waals surface area contributed by atoms with Gasteiger partial charge < -0.3 is 15.4 Å². The molecule has 0 aliphatic carbocycles. The first kappa shape index (κ1) is 24.6. The molecule has 3 heterocycles. The highest BCUT2D eigenvalue weighted by atomic mass is 35.5. The summed E-state index contributed by atoms with van der Waals surface area (Å²) in [6, 6.07) is 3.78. The largest absolute Gasteiger partial charge is 0.444 e. The summed E-state index contributed by atoms with van der Waals surface area (Å²) >= 11 is 5.96. The number of ether oxygens (including phenoxy) is 1. The van der Waals surface area contributed by atoms with Crippen LogP contribution in [0.4, 0.5) is 9.18 Å². The molecule has 1 saturated heterocycles. The maximum atomic E-state index is 14.9. The van der Waals surface area contributed by atoms with Crippen LogP contribution in [0.1, 0.15) is 46.1 Å². The third-order valence-electron chi connectivity index (χ3n) is 6.64. The third-order valence-corrected chi connectivity index (χ3v) is 6.88. The minimum Gasteiger partial charge on any atom is -0.444 e. The van der Waals surface area contributed by atoms with Gasteiger partial charge in [-0.2, -0.15) is 0 Å². The number of hydrogen-bond acceptors (Lipinski definition) is 6. The van der Waals surface area contributed by atoms with E-state index in [0.29, 0.717) is 38.2 Å². The van der Waals surface area contributed by atoms with Crippen molar-refractivity contribution < 1.29 is 18.7 Å². The summed E-state index contributed by atoms with van der Waals surface area (Å²) in [5.41, 5.74) is 4.79. The first-order chi connectivity index (χ1) is 15.9. The zero-order valence-corrected chi connectivity index (χ0v) is 20.7. The number of aliphatic imine (C=N–C) groups is 2. The fourth-order valence-electron chi connectivity index (χ4n) is 5.20. The second-order valence-electron chi connectivity index (χ2n) is 10.2. The van der Waals surface area contributed by atoms with Crippen LogP contribution in [0.3, 0.4) is 0 Å². The van der Waals surface area contributed by atoms with Crippen LogP contribution in [0.25, 0.3) is 0 Å². The van der Waals surface area contributed by atoms with E-state index in [4.69, 9.17) is 27.1 Å². The van der Waals surface area contributed by atoms with Crippen LogP contribution >= 0.6 is 11.6 Å². The van der Waals surface area contributed by atoms with Gasteiger partial charge >= 0.3 is 6.09 Å². The molecule has 4 rings (SSSR count). The van der Waals surface area contributed by atoms with Gasteiger partial charge in [0, 0.05) is 41.8 Å². The number of primary amides is 1. The van der Waals surface area contributed by atoms with E-state index in [0.717, 1.165) is 0 Å². The third kappa shape index (κ3) is 4.31. The monoisotopic (exact) mass is 491 g/mol. The Balaban J connectivity index is 1.70. The number of halogens is 2. The van der Waals surface area contributed by atoms with Gasteiger partial charge in [-0.25, -0.2) is 9.18 Å². The molecule has 0 aromatic heterocycles. The maximum Gasteiger partial charge on any atom is 0.410 e. The molecule has 1 fully saturated rings. The summed E-state index contributed by atoms with van der Waals surface area (Å²) in [7, 11) is 0. The van der Waals surface area contributed by atoms with Crippen LogP contribution < -0.4 is 5.73 Å². The van der Waals surface area contributed by atoms with Gasteiger partial charge in [-0.1, -0.05) is 11.6 Å². The molecule has 184 valence electrons. The van der Waals surface area contributed by atoms with Crippen molar-refractivity contribution in [3.8, 4) is 0 Å². The van der Waals surface area contributed by atoms with Gasteiger partial charge in [0.05, 0.1) is 18.3 Å². The molecule has 3 aliphatic heterocycles. The summed E-state index contributed by atoms with van der Waals surface area (Å²) in [6.45, 7) is 8.74. The van der Waals surface area contributed by atoms with Crippen molar-refractivity contribution in [2.75, 3.05) is 19.6 Å². The Bertz CT molecular complexity index is 1050. The Morgan fingerprint density at radius 1 is 1.26 bits per heavy atom. The van der Waals surface area contributed by atoms with Crippen LogP contribution in [-0.2, 0) is 9.53 Å². The minimum atomic E-state index is -1.36. The molecule has 1 aromatic carbocycles. The van der Waals surface area contributed by atoms with Crippen LogP contribution in [0.5, 0.6) is 0 Å². The van der Waals surface area contributed by atoms with Gasteiger partial charge in [-0.15, -0.1) is 0 Å². The quantitative estimate of drug-likeness (QED) is 0.701. The summed E-state index contributed by atoms with van der Waals surface area (Å²) in [5.74, 6) is -1.36. The molecule has 0 saturated carbocycles. The summed E-state index contributed by atoms with van der Waals surface area (Å²) in [5, 5.41) is 0.276. The summed E-state index contributed by atoms with van der Waals surface area (Å²) < 4.78 is 20.4. The van der Waals surface area contributed by atoms with Gasteiger partial charge in [-0.3, -0.25) is 19.7 Å². The van der Waals surface area contributed by atoms with E-state index in [-0.39, 0.29) is 28.6 Å². The van der Waals surface area contributed by atoms with Gasteiger partial charge in [0.25, 0.3) is 5.91 Å². The zero-order chi connectivity index (χ0) is 24.8. The molecule has 8 nitrogen and oxygen atoms in total. The smallest absolute Gasteiger partial charge is 0.410 e. The highest BCUT2D eigenvalue weighted by Crippen LogP contribution is 2.43. The predicted molar refractivity (Wildman–Crippen MR) is 129 cm³/mol. The van der Waals surface area contributed by atoms with Crippen molar-refractivity contribution in [2.24, 2.45) is 21.6 Å². The number of hydrogen-bond donors (Lipinski definition) is 1. The minimum absolute atomic E-state index is 0.136. The number of benzene rings is 1. The summed E-state index contributed by atoms with van der Waals surface area (Å²) in [4.78, 5) is 38.6. The SMILES string of the molecule is CC1CN=CC2C(c3ccc(Cl)cc3F)=NC(C(N)=O)(C3CCN(C(=O)OC(C)(C)C)CC3)N12. The second-order valence-corrected chi connectivity index (χ2v) is 10.6. The van der Waals surface area contributed by atoms with E-state index in [9.17, 15) is 14.0 Å². The first-order valence-electron chi connectivity index (χ1n) is 11.6. The average molecular weight is 492 g/mol. The molecule has 0 radical (unpaired) electrons. The highest BCUT2D eigenvalue weighted by Gasteiger charge is 2.59. The van der Waals surface area contributed by atoms with E-state index in [2.05, 4.69) is 4.99 Å². The number of carbonyl (C=O) groups is 2. The topological polar surface area (TPSA) is 101 Å². The first-order valence-corrected chi connectivity index (χ1v) is 11.9. The number of nitrogens with zero attached hydrogens (tertiary/aromatic N) is 4. The Hall–Kier alpha value is -2.52. The predicted octanol–water partition coefficient (Wildman–Crippen LogP) is 3.25. The van der Waals surface area contributed by atoms with Crippen LogP contribution in [0, 0.1) is 11.7 Å². The Morgan fingerprint density at radius 3 is 2.53 bits per heavy atom. The number of nitrogens with two attached hydrogens (primary N) is 1.